The lowest BCUT2D eigenvalue weighted by atomic mass is 9.36. The third-order valence-corrected chi connectivity index (χ3v) is 6.28. The fraction of sp³-hybridized carbons (Fsp3) is 0.867. The third kappa shape index (κ3) is 0.971. The molecule has 0 aromatic carbocycles. The first kappa shape index (κ1) is 10.8. The van der Waals surface area contributed by atoms with Gasteiger partial charge in [-0.05, 0) is 55.8 Å². The van der Waals surface area contributed by atoms with Crippen molar-refractivity contribution in [1.82, 2.24) is 0 Å². The Labute approximate surface area is 98.9 Å². The Balaban J connectivity index is 2.04. The molecule has 0 heterocycles. The molecule has 1 N–H and O–H groups in total. The minimum Gasteiger partial charge on any atom is -0.396 e. The maximum atomic E-state index is 9.77. The van der Waals surface area contributed by atoms with Gasteiger partial charge in [0.2, 0.25) is 0 Å². The maximum absolute atomic E-state index is 9.77. The predicted octanol–water partition coefficient (Wildman–Crippen LogP) is 3.39. The summed E-state index contributed by atoms with van der Waals surface area (Å²) in [5.41, 5.74) is 2.30. The SMILES string of the molecule is CC1=C[C@@H]2C3(CC1)[C@H](C)CC[C@H]3[C@]2(C)CO. The van der Waals surface area contributed by atoms with Gasteiger partial charge in [-0.2, -0.15) is 0 Å². The van der Waals surface area contributed by atoms with Crippen LogP contribution in [0.2, 0.25) is 0 Å². The Morgan fingerprint density at radius 3 is 2.88 bits per heavy atom. The largest absolute Gasteiger partial charge is 0.396 e. The van der Waals surface area contributed by atoms with Crippen LogP contribution in [-0.4, -0.2) is 11.7 Å². The summed E-state index contributed by atoms with van der Waals surface area (Å²) in [6.45, 7) is 7.39. The van der Waals surface area contributed by atoms with E-state index >= 15 is 0 Å². The molecule has 16 heavy (non-hydrogen) atoms. The maximum Gasteiger partial charge on any atom is 0.0493 e. The average molecular weight is 220 g/mol. The fourth-order valence-corrected chi connectivity index (χ4v) is 5.41. The molecule has 0 saturated heterocycles. The first-order chi connectivity index (χ1) is 7.55. The number of hydrogen-bond donors (Lipinski definition) is 1. The molecule has 0 amide bonds. The standard InChI is InChI=1S/C15H24O/c1-10-6-7-15-11(2)4-5-12(15)14(3,9-16)13(15)8-10/h8,11-13,16H,4-7,9H2,1-3H3/t11-,12+,13+,14+,15?/m1/s1. The van der Waals surface area contributed by atoms with Gasteiger partial charge in [0.25, 0.3) is 0 Å². The molecule has 0 aromatic rings. The van der Waals surface area contributed by atoms with E-state index in [1.807, 2.05) is 0 Å². The first-order valence-corrected chi connectivity index (χ1v) is 6.84. The van der Waals surface area contributed by atoms with E-state index in [0.29, 0.717) is 17.9 Å². The van der Waals surface area contributed by atoms with Crippen LogP contribution in [0, 0.1) is 28.6 Å². The highest BCUT2D eigenvalue weighted by Gasteiger charge is 2.70. The molecule has 1 nitrogen and oxygen atoms in total. The summed E-state index contributed by atoms with van der Waals surface area (Å²) in [4.78, 5) is 0. The van der Waals surface area contributed by atoms with Gasteiger partial charge in [-0.15, -0.1) is 0 Å². The van der Waals surface area contributed by atoms with Gasteiger partial charge in [0, 0.05) is 12.0 Å². The van der Waals surface area contributed by atoms with Crippen molar-refractivity contribution in [3.63, 3.8) is 0 Å². The zero-order valence-electron chi connectivity index (χ0n) is 10.8. The molecule has 0 bridgehead atoms. The van der Waals surface area contributed by atoms with Crippen LogP contribution in [0.25, 0.3) is 0 Å². The van der Waals surface area contributed by atoms with Crippen molar-refractivity contribution < 1.29 is 5.11 Å². The molecule has 1 unspecified atom stereocenters. The van der Waals surface area contributed by atoms with Crippen molar-refractivity contribution >= 4 is 0 Å². The molecule has 3 aliphatic carbocycles. The van der Waals surface area contributed by atoms with Crippen LogP contribution < -0.4 is 0 Å². The zero-order valence-corrected chi connectivity index (χ0v) is 10.8. The zero-order chi connectivity index (χ0) is 11.6. The van der Waals surface area contributed by atoms with Gasteiger partial charge in [0.15, 0.2) is 0 Å². The highest BCUT2D eigenvalue weighted by Crippen LogP contribution is 2.75. The van der Waals surface area contributed by atoms with Crippen LogP contribution in [0.5, 0.6) is 0 Å². The average Bonchev–Trinajstić information content (AvgIpc) is 2.56. The van der Waals surface area contributed by atoms with Crippen molar-refractivity contribution in [3.8, 4) is 0 Å². The van der Waals surface area contributed by atoms with Gasteiger partial charge in [-0.25, -0.2) is 0 Å². The molecule has 1 heteroatoms. The van der Waals surface area contributed by atoms with E-state index in [9.17, 15) is 5.11 Å². The summed E-state index contributed by atoms with van der Waals surface area (Å²) in [6, 6.07) is 0. The Kier molecular flexibility index (Phi) is 2.12. The molecule has 1 spiro atoms. The summed E-state index contributed by atoms with van der Waals surface area (Å²) in [7, 11) is 0. The molecule has 0 aromatic heterocycles. The van der Waals surface area contributed by atoms with Gasteiger partial charge < -0.3 is 5.11 Å². The minimum absolute atomic E-state index is 0.187. The number of aliphatic hydroxyl groups excluding tert-OH is 1. The summed E-state index contributed by atoms with van der Waals surface area (Å²) in [5.74, 6) is 2.31. The van der Waals surface area contributed by atoms with Crippen LogP contribution in [0.3, 0.4) is 0 Å². The molecule has 3 rings (SSSR count). The Morgan fingerprint density at radius 2 is 2.19 bits per heavy atom. The Bertz CT molecular complexity index is 345. The molecule has 2 fully saturated rings. The Morgan fingerprint density at radius 1 is 1.44 bits per heavy atom. The summed E-state index contributed by atoms with van der Waals surface area (Å²) >= 11 is 0. The van der Waals surface area contributed by atoms with E-state index in [1.165, 1.54) is 25.7 Å². The van der Waals surface area contributed by atoms with Crippen LogP contribution in [0.1, 0.15) is 46.5 Å². The normalized spacial score (nSPS) is 55.0. The highest BCUT2D eigenvalue weighted by molar-refractivity contribution is 5.28. The lowest BCUT2D eigenvalue weighted by Gasteiger charge is -2.68. The quantitative estimate of drug-likeness (QED) is 0.672. The van der Waals surface area contributed by atoms with Crippen molar-refractivity contribution in [2.75, 3.05) is 6.61 Å². The second-order valence-electron chi connectivity index (χ2n) is 6.80. The Hall–Kier alpha value is -0.300. The molecule has 3 aliphatic rings. The summed E-state index contributed by atoms with van der Waals surface area (Å²) in [6.07, 6.45) is 7.89. The van der Waals surface area contributed by atoms with Gasteiger partial charge in [-0.3, -0.25) is 0 Å². The van der Waals surface area contributed by atoms with Crippen LogP contribution in [0.15, 0.2) is 11.6 Å². The van der Waals surface area contributed by atoms with Crippen molar-refractivity contribution in [2.24, 2.45) is 28.6 Å². The molecule has 0 radical (unpaired) electrons. The number of allylic oxidation sites excluding steroid dienone is 2. The van der Waals surface area contributed by atoms with Gasteiger partial charge in [0.1, 0.15) is 0 Å². The third-order valence-electron chi connectivity index (χ3n) is 6.28. The topological polar surface area (TPSA) is 20.2 Å². The molecule has 2 saturated carbocycles. The van der Waals surface area contributed by atoms with E-state index in [0.717, 1.165) is 11.8 Å². The van der Waals surface area contributed by atoms with Gasteiger partial charge >= 0.3 is 0 Å². The van der Waals surface area contributed by atoms with Crippen LogP contribution in [-0.2, 0) is 0 Å². The van der Waals surface area contributed by atoms with Crippen molar-refractivity contribution in [1.29, 1.82) is 0 Å². The molecule has 0 aliphatic heterocycles. The first-order valence-electron chi connectivity index (χ1n) is 6.84. The van der Waals surface area contributed by atoms with E-state index in [2.05, 4.69) is 26.8 Å². The van der Waals surface area contributed by atoms with Crippen molar-refractivity contribution in [3.05, 3.63) is 11.6 Å². The number of aliphatic hydroxyl groups is 1. The van der Waals surface area contributed by atoms with Gasteiger partial charge in [0.05, 0.1) is 0 Å². The fourth-order valence-electron chi connectivity index (χ4n) is 5.41. The van der Waals surface area contributed by atoms with E-state index < -0.39 is 0 Å². The van der Waals surface area contributed by atoms with E-state index in [4.69, 9.17) is 0 Å². The monoisotopic (exact) mass is 220 g/mol. The summed E-state index contributed by atoms with van der Waals surface area (Å²) in [5, 5.41) is 9.77. The van der Waals surface area contributed by atoms with Crippen molar-refractivity contribution in [2.45, 2.75) is 46.5 Å². The smallest absolute Gasteiger partial charge is 0.0493 e. The minimum atomic E-state index is 0.187. The number of hydrogen-bond acceptors (Lipinski definition) is 1. The predicted molar refractivity (Wildman–Crippen MR) is 66.0 cm³/mol. The number of rotatable bonds is 1. The summed E-state index contributed by atoms with van der Waals surface area (Å²) < 4.78 is 0. The molecule has 90 valence electrons. The second kappa shape index (κ2) is 3.13. The van der Waals surface area contributed by atoms with E-state index in [-0.39, 0.29) is 5.41 Å². The van der Waals surface area contributed by atoms with Crippen LogP contribution >= 0.6 is 0 Å². The second-order valence-corrected chi connectivity index (χ2v) is 6.80. The lowest BCUT2D eigenvalue weighted by molar-refractivity contribution is -0.195. The van der Waals surface area contributed by atoms with Crippen LogP contribution in [0.4, 0.5) is 0 Å². The van der Waals surface area contributed by atoms with E-state index in [1.54, 1.807) is 5.57 Å². The lowest BCUT2D eigenvalue weighted by Crippen LogP contribution is -2.64. The molecule has 5 atom stereocenters. The molecular weight excluding hydrogens is 196 g/mol. The highest BCUT2D eigenvalue weighted by atomic mass is 16.3. The molecular formula is C15H24O. The van der Waals surface area contributed by atoms with Gasteiger partial charge in [-0.1, -0.05) is 25.5 Å².